The fraction of sp³-hybridized carbons (Fsp3) is 0.529. The maximum absolute atomic E-state index is 12.3. The van der Waals surface area contributed by atoms with Gasteiger partial charge in [0.05, 0.1) is 12.2 Å². The normalized spacial score (nSPS) is 20.4. The number of rotatable bonds is 4. The van der Waals surface area contributed by atoms with E-state index in [4.69, 9.17) is 14.2 Å². The summed E-state index contributed by atoms with van der Waals surface area (Å²) in [6.07, 6.45) is -0.495. The van der Waals surface area contributed by atoms with Crippen LogP contribution in [0.5, 0.6) is 11.5 Å². The molecule has 7 nitrogen and oxygen atoms in total. The predicted molar refractivity (Wildman–Crippen MR) is 88.2 cm³/mol. The number of morpholine rings is 1. The van der Waals surface area contributed by atoms with E-state index in [1.165, 1.54) is 4.90 Å². The molecule has 2 amide bonds. The van der Waals surface area contributed by atoms with Crippen molar-refractivity contribution in [2.24, 2.45) is 0 Å². The molecule has 1 aliphatic rings. The van der Waals surface area contributed by atoms with Crippen LogP contribution in [0.1, 0.15) is 13.8 Å². The van der Waals surface area contributed by atoms with Crippen molar-refractivity contribution < 1.29 is 23.8 Å². The lowest BCUT2D eigenvalue weighted by Crippen LogP contribution is -2.49. The summed E-state index contributed by atoms with van der Waals surface area (Å²) >= 11 is 0. The van der Waals surface area contributed by atoms with Crippen LogP contribution in [0, 0.1) is 0 Å². The summed E-state index contributed by atoms with van der Waals surface area (Å²) in [5.41, 5.74) is 0. The van der Waals surface area contributed by atoms with Gasteiger partial charge in [-0.2, -0.15) is 0 Å². The quantitative estimate of drug-likeness (QED) is 0.838. The van der Waals surface area contributed by atoms with Crippen molar-refractivity contribution in [3.63, 3.8) is 0 Å². The van der Waals surface area contributed by atoms with Gasteiger partial charge in [0.15, 0.2) is 18.1 Å². The zero-order valence-corrected chi connectivity index (χ0v) is 14.5. The van der Waals surface area contributed by atoms with Gasteiger partial charge < -0.3 is 24.0 Å². The van der Waals surface area contributed by atoms with Crippen molar-refractivity contribution >= 4 is 12.0 Å². The van der Waals surface area contributed by atoms with Gasteiger partial charge in [0.1, 0.15) is 0 Å². The average molecular weight is 336 g/mol. The van der Waals surface area contributed by atoms with E-state index in [0.29, 0.717) is 18.8 Å². The molecule has 1 heterocycles. The molecule has 0 bridgehead atoms. The molecule has 0 radical (unpaired) electrons. The minimum Gasteiger partial charge on any atom is -0.480 e. The summed E-state index contributed by atoms with van der Waals surface area (Å²) in [6, 6.07) is 6.78. The molecule has 0 spiro atoms. The summed E-state index contributed by atoms with van der Waals surface area (Å²) in [5, 5.41) is 0. The van der Waals surface area contributed by atoms with E-state index in [2.05, 4.69) is 0 Å². The Morgan fingerprint density at radius 3 is 2.33 bits per heavy atom. The van der Waals surface area contributed by atoms with Gasteiger partial charge in [0, 0.05) is 27.2 Å². The maximum Gasteiger partial charge on any atom is 0.414 e. The summed E-state index contributed by atoms with van der Waals surface area (Å²) in [5.74, 6) is 0.522. The molecule has 1 fully saturated rings. The number of benzene rings is 1. The number of carbonyl (C=O) groups is 2. The molecule has 2 rings (SSSR count). The predicted octanol–water partition coefficient (Wildman–Crippen LogP) is 1.76. The first-order valence-electron chi connectivity index (χ1n) is 7.91. The Morgan fingerprint density at radius 2 is 1.75 bits per heavy atom. The van der Waals surface area contributed by atoms with E-state index in [0.717, 1.165) is 0 Å². The molecule has 0 unspecified atom stereocenters. The Labute approximate surface area is 142 Å². The molecule has 1 aliphatic heterocycles. The van der Waals surface area contributed by atoms with Gasteiger partial charge in [-0.1, -0.05) is 12.1 Å². The van der Waals surface area contributed by atoms with Crippen LogP contribution >= 0.6 is 0 Å². The number of carbonyl (C=O) groups excluding carboxylic acids is 2. The average Bonchev–Trinajstić information content (AvgIpc) is 2.52. The molecule has 0 N–H and O–H groups in total. The first-order valence-corrected chi connectivity index (χ1v) is 7.91. The summed E-state index contributed by atoms with van der Waals surface area (Å²) in [6.45, 7) is 4.85. The van der Waals surface area contributed by atoms with Crippen molar-refractivity contribution in [3.05, 3.63) is 24.3 Å². The Bertz CT molecular complexity index is 580. The molecule has 0 aliphatic carbocycles. The second-order valence-electron chi connectivity index (χ2n) is 6.05. The lowest BCUT2D eigenvalue weighted by Gasteiger charge is -2.35. The SMILES string of the molecule is C[C@@H]1CN(C(=O)COc2ccccc2OC(=O)N(C)C)C[C@H](C)O1. The Hall–Kier alpha value is -2.28. The highest BCUT2D eigenvalue weighted by Crippen LogP contribution is 2.27. The van der Waals surface area contributed by atoms with E-state index in [1.807, 2.05) is 13.8 Å². The van der Waals surface area contributed by atoms with Crippen LogP contribution in [-0.2, 0) is 9.53 Å². The van der Waals surface area contributed by atoms with Crippen LogP contribution in [0.2, 0.25) is 0 Å². The van der Waals surface area contributed by atoms with Crippen LogP contribution in [-0.4, -0.2) is 67.8 Å². The van der Waals surface area contributed by atoms with E-state index in [1.54, 1.807) is 43.3 Å². The number of hydrogen-bond donors (Lipinski definition) is 0. The van der Waals surface area contributed by atoms with Crippen LogP contribution in [0.3, 0.4) is 0 Å². The topological polar surface area (TPSA) is 68.3 Å². The summed E-state index contributed by atoms with van der Waals surface area (Å²) < 4.78 is 16.4. The largest absolute Gasteiger partial charge is 0.480 e. The van der Waals surface area contributed by atoms with Crippen LogP contribution in [0.15, 0.2) is 24.3 Å². The van der Waals surface area contributed by atoms with E-state index < -0.39 is 6.09 Å². The van der Waals surface area contributed by atoms with E-state index in [-0.39, 0.29) is 30.5 Å². The molecular formula is C17H24N2O5. The third-order valence-corrected chi connectivity index (χ3v) is 3.54. The van der Waals surface area contributed by atoms with Gasteiger partial charge in [-0.25, -0.2) is 4.79 Å². The highest BCUT2D eigenvalue weighted by atomic mass is 16.6. The first-order chi connectivity index (χ1) is 11.4. The number of amides is 2. The Balaban J connectivity index is 1.96. The molecule has 7 heteroatoms. The van der Waals surface area contributed by atoms with Crippen LogP contribution in [0.4, 0.5) is 4.79 Å². The lowest BCUT2D eigenvalue weighted by atomic mass is 10.2. The smallest absolute Gasteiger partial charge is 0.414 e. The molecule has 2 atom stereocenters. The third-order valence-electron chi connectivity index (χ3n) is 3.54. The van der Waals surface area contributed by atoms with Crippen LogP contribution < -0.4 is 9.47 Å². The third kappa shape index (κ3) is 4.86. The number of hydrogen-bond acceptors (Lipinski definition) is 5. The molecule has 0 aromatic heterocycles. The van der Waals surface area contributed by atoms with Gasteiger partial charge in [0.2, 0.25) is 0 Å². The Kier molecular flexibility index (Phi) is 6.03. The van der Waals surface area contributed by atoms with E-state index >= 15 is 0 Å². The lowest BCUT2D eigenvalue weighted by molar-refractivity contribution is -0.145. The fourth-order valence-electron chi connectivity index (χ4n) is 2.45. The van der Waals surface area contributed by atoms with Crippen molar-refractivity contribution in [2.45, 2.75) is 26.1 Å². The number of ether oxygens (including phenoxy) is 3. The summed E-state index contributed by atoms with van der Waals surface area (Å²) in [4.78, 5) is 27.1. The fourth-order valence-corrected chi connectivity index (χ4v) is 2.45. The minimum absolute atomic E-state index is 0.00559. The highest BCUT2D eigenvalue weighted by Gasteiger charge is 2.26. The number of nitrogens with zero attached hydrogens (tertiary/aromatic N) is 2. The maximum atomic E-state index is 12.3. The van der Waals surface area contributed by atoms with Crippen LogP contribution in [0.25, 0.3) is 0 Å². The number of para-hydroxylation sites is 2. The van der Waals surface area contributed by atoms with Gasteiger partial charge in [0.25, 0.3) is 5.91 Å². The molecule has 24 heavy (non-hydrogen) atoms. The Morgan fingerprint density at radius 1 is 1.17 bits per heavy atom. The molecule has 1 aromatic carbocycles. The van der Waals surface area contributed by atoms with Gasteiger partial charge in [-0.3, -0.25) is 4.79 Å². The zero-order chi connectivity index (χ0) is 17.7. The molecule has 0 saturated carbocycles. The molecular weight excluding hydrogens is 312 g/mol. The molecule has 1 saturated heterocycles. The standard InChI is InChI=1S/C17H24N2O5/c1-12-9-19(10-13(2)23-12)16(20)11-22-14-7-5-6-8-15(14)24-17(21)18(3)4/h5-8,12-13H,9-11H2,1-4H3/t12-,13+. The molecule has 132 valence electrons. The van der Waals surface area contributed by atoms with Gasteiger partial charge in [-0.05, 0) is 26.0 Å². The van der Waals surface area contributed by atoms with Crippen molar-refractivity contribution in [1.29, 1.82) is 0 Å². The second-order valence-corrected chi connectivity index (χ2v) is 6.05. The first kappa shape index (κ1) is 18.1. The van der Waals surface area contributed by atoms with Crippen molar-refractivity contribution in [1.82, 2.24) is 9.80 Å². The minimum atomic E-state index is -0.506. The van der Waals surface area contributed by atoms with Crippen molar-refractivity contribution in [3.8, 4) is 11.5 Å². The monoisotopic (exact) mass is 336 g/mol. The highest BCUT2D eigenvalue weighted by molar-refractivity contribution is 5.78. The van der Waals surface area contributed by atoms with Gasteiger partial charge in [-0.15, -0.1) is 0 Å². The molecule has 1 aromatic rings. The van der Waals surface area contributed by atoms with Crippen molar-refractivity contribution in [2.75, 3.05) is 33.8 Å². The van der Waals surface area contributed by atoms with E-state index in [9.17, 15) is 9.59 Å². The summed E-state index contributed by atoms with van der Waals surface area (Å²) in [7, 11) is 3.19. The second kappa shape index (κ2) is 8.01. The van der Waals surface area contributed by atoms with Gasteiger partial charge >= 0.3 is 6.09 Å². The zero-order valence-electron chi connectivity index (χ0n) is 14.5.